The fourth-order valence-electron chi connectivity index (χ4n) is 3.96. The lowest BCUT2D eigenvalue weighted by Crippen LogP contribution is -2.24. The van der Waals surface area contributed by atoms with Crippen molar-refractivity contribution in [2.45, 2.75) is 5.92 Å². The number of anilines is 1. The number of aliphatic carboxylic acids is 1. The second-order valence-electron chi connectivity index (χ2n) is 7.63. The van der Waals surface area contributed by atoms with Crippen molar-refractivity contribution in [2.24, 2.45) is 0 Å². The van der Waals surface area contributed by atoms with E-state index in [1.807, 2.05) is 24.3 Å². The summed E-state index contributed by atoms with van der Waals surface area (Å²) < 4.78 is 6.32. The van der Waals surface area contributed by atoms with Gasteiger partial charge in [-0.25, -0.2) is 9.59 Å². The second-order valence-corrected chi connectivity index (χ2v) is 8.88. The fraction of sp³-hybridized carbons (Fsp3) is 0.115. The van der Waals surface area contributed by atoms with E-state index in [-0.39, 0.29) is 25.0 Å². The lowest BCUT2D eigenvalue weighted by Gasteiger charge is -2.15. The molecule has 1 aliphatic carbocycles. The molecule has 3 aromatic rings. The number of halogens is 1. The molecule has 0 saturated heterocycles. The largest absolute Gasteiger partial charge is 0.478 e. The van der Waals surface area contributed by atoms with E-state index in [0.29, 0.717) is 11.3 Å². The van der Waals surface area contributed by atoms with E-state index in [2.05, 4.69) is 57.5 Å². The average molecular weight is 568 g/mol. The van der Waals surface area contributed by atoms with Crippen LogP contribution in [0.1, 0.15) is 27.4 Å². The van der Waals surface area contributed by atoms with E-state index < -0.39 is 12.1 Å². The minimum atomic E-state index is -1.09. The second kappa shape index (κ2) is 10.5. The van der Waals surface area contributed by atoms with Gasteiger partial charge in [-0.3, -0.25) is 10.1 Å². The summed E-state index contributed by atoms with van der Waals surface area (Å²) in [5.41, 5.74) is 5.32. The zero-order chi connectivity index (χ0) is 24.1. The molecule has 0 spiro atoms. The van der Waals surface area contributed by atoms with Gasteiger partial charge in [-0.15, -0.1) is 0 Å². The maximum absolute atomic E-state index is 12.6. The third-order valence-corrected chi connectivity index (χ3v) is 6.01. The molecule has 1 aliphatic rings. The molecular formula is C26H21IN2O5. The van der Waals surface area contributed by atoms with Crippen LogP contribution in [0.4, 0.5) is 10.5 Å². The Kier molecular flexibility index (Phi) is 7.27. The quantitative estimate of drug-likeness (QED) is 0.274. The van der Waals surface area contributed by atoms with Crippen molar-refractivity contribution in [3.63, 3.8) is 0 Å². The van der Waals surface area contributed by atoms with Crippen molar-refractivity contribution in [1.29, 1.82) is 0 Å². The van der Waals surface area contributed by atoms with Crippen LogP contribution in [-0.2, 0) is 9.53 Å². The van der Waals surface area contributed by atoms with Crippen molar-refractivity contribution < 1.29 is 24.2 Å². The number of carbonyl (C=O) groups excluding carboxylic acids is 2. The first-order valence-electron chi connectivity index (χ1n) is 10.5. The summed E-state index contributed by atoms with van der Waals surface area (Å²) >= 11 is 2.05. The maximum Gasteiger partial charge on any atom is 0.411 e. The molecule has 0 atom stereocenters. The van der Waals surface area contributed by atoms with Gasteiger partial charge < -0.3 is 15.2 Å². The molecule has 3 N–H and O–H groups in total. The van der Waals surface area contributed by atoms with Crippen molar-refractivity contribution in [3.05, 3.63) is 99.1 Å². The van der Waals surface area contributed by atoms with Crippen LogP contribution in [0.2, 0.25) is 0 Å². The third kappa shape index (κ3) is 5.45. The molecule has 0 fully saturated rings. The highest BCUT2D eigenvalue weighted by Crippen LogP contribution is 2.44. The van der Waals surface area contributed by atoms with E-state index in [4.69, 9.17) is 9.84 Å². The minimum Gasteiger partial charge on any atom is -0.478 e. The molecule has 2 amide bonds. The number of carboxylic acids is 1. The smallest absolute Gasteiger partial charge is 0.411 e. The lowest BCUT2D eigenvalue weighted by atomic mass is 9.98. The van der Waals surface area contributed by atoms with Gasteiger partial charge >= 0.3 is 12.1 Å². The molecule has 0 aliphatic heterocycles. The number of fused-ring (bicyclic) bond motifs is 3. The summed E-state index contributed by atoms with van der Waals surface area (Å²) in [5, 5.41) is 13.9. The molecule has 0 bridgehead atoms. The van der Waals surface area contributed by atoms with Crippen LogP contribution in [0, 0.1) is 3.57 Å². The van der Waals surface area contributed by atoms with Gasteiger partial charge in [0, 0.05) is 33.4 Å². The molecular weight excluding hydrogens is 547 g/mol. The number of rotatable bonds is 7. The van der Waals surface area contributed by atoms with E-state index in [0.717, 1.165) is 31.9 Å². The van der Waals surface area contributed by atoms with Crippen LogP contribution < -0.4 is 10.6 Å². The molecule has 34 heavy (non-hydrogen) atoms. The van der Waals surface area contributed by atoms with E-state index in [1.165, 1.54) is 6.08 Å². The molecule has 172 valence electrons. The highest BCUT2D eigenvalue weighted by atomic mass is 127. The van der Waals surface area contributed by atoms with Gasteiger partial charge in [0.2, 0.25) is 0 Å². The number of hydrogen-bond acceptors (Lipinski definition) is 4. The van der Waals surface area contributed by atoms with Crippen LogP contribution in [-0.4, -0.2) is 36.2 Å². The predicted molar refractivity (Wildman–Crippen MR) is 137 cm³/mol. The van der Waals surface area contributed by atoms with Crippen molar-refractivity contribution in [3.8, 4) is 11.1 Å². The molecule has 0 unspecified atom stereocenters. The molecule has 4 rings (SSSR count). The number of benzene rings is 3. The summed E-state index contributed by atoms with van der Waals surface area (Å²) in [6, 6.07) is 21.1. The maximum atomic E-state index is 12.6. The molecule has 0 radical (unpaired) electrons. The Morgan fingerprint density at radius 3 is 2.26 bits per heavy atom. The first-order valence-corrected chi connectivity index (χ1v) is 11.6. The number of amides is 2. The SMILES string of the molecule is O=C(O)/C=C/CNC(=O)c1cc(I)cc(NC(=O)OCC2c3ccccc3-c3ccccc32)c1. The van der Waals surface area contributed by atoms with Crippen molar-refractivity contribution >= 4 is 46.2 Å². The summed E-state index contributed by atoms with van der Waals surface area (Å²) in [7, 11) is 0. The van der Waals surface area contributed by atoms with Gasteiger partial charge in [0.15, 0.2) is 0 Å². The van der Waals surface area contributed by atoms with Crippen LogP contribution >= 0.6 is 22.6 Å². The number of carbonyl (C=O) groups is 3. The van der Waals surface area contributed by atoms with Crippen LogP contribution in [0.25, 0.3) is 11.1 Å². The summed E-state index contributed by atoms with van der Waals surface area (Å²) in [6.45, 7) is 0.263. The van der Waals surface area contributed by atoms with E-state index >= 15 is 0 Å². The molecule has 0 heterocycles. The number of carboxylic acid groups (broad SMARTS) is 1. The summed E-state index contributed by atoms with van der Waals surface area (Å²) in [5.74, 6) is -1.52. The van der Waals surface area contributed by atoms with E-state index in [9.17, 15) is 14.4 Å². The van der Waals surface area contributed by atoms with Gasteiger partial charge in [-0.1, -0.05) is 54.6 Å². The summed E-state index contributed by atoms with van der Waals surface area (Å²) in [4.78, 5) is 35.4. The zero-order valence-corrected chi connectivity index (χ0v) is 20.1. The molecule has 3 aromatic carbocycles. The fourth-order valence-corrected chi connectivity index (χ4v) is 4.63. The number of nitrogens with one attached hydrogen (secondary N) is 2. The van der Waals surface area contributed by atoms with Gasteiger partial charge in [-0.2, -0.15) is 0 Å². The Hall–Kier alpha value is -3.66. The molecule has 0 saturated carbocycles. The highest BCUT2D eigenvalue weighted by Gasteiger charge is 2.29. The third-order valence-electron chi connectivity index (χ3n) is 5.39. The lowest BCUT2D eigenvalue weighted by molar-refractivity contribution is -0.131. The Morgan fingerprint density at radius 1 is 0.971 bits per heavy atom. The summed E-state index contributed by atoms with van der Waals surface area (Å²) in [6.07, 6.45) is 1.68. The first kappa shape index (κ1) is 23.5. The van der Waals surface area contributed by atoms with Gasteiger partial charge in [0.05, 0.1) is 0 Å². The van der Waals surface area contributed by atoms with Crippen molar-refractivity contribution in [2.75, 3.05) is 18.5 Å². The minimum absolute atomic E-state index is 0.0470. The van der Waals surface area contributed by atoms with Crippen LogP contribution in [0.3, 0.4) is 0 Å². The van der Waals surface area contributed by atoms with Crippen LogP contribution in [0.15, 0.2) is 78.9 Å². The topological polar surface area (TPSA) is 105 Å². The Balaban J connectivity index is 1.40. The average Bonchev–Trinajstić information content (AvgIpc) is 3.13. The first-order chi connectivity index (χ1) is 16.4. The Morgan fingerprint density at radius 2 is 1.62 bits per heavy atom. The number of ether oxygens (including phenoxy) is 1. The standard InChI is InChI=1S/C26H21IN2O5/c27-17-12-16(25(32)28-11-5-10-24(30)31)13-18(14-17)29-26(33)34-15-23-21-8-3-1-6-19(21)20-7-2-4-9-22(20)23/h1-10,12-14,23H,11,15H2,(H,28,32)(H,29,33)(H,30,31)/b10-5+. The Labute approximate surface area is 210 Å². The normalized spacial score (nSPS) is 12.1. The molecule has 7 nitrogen and oxygen atoms in total. The van der Waals surface area contributed by atoms with Gasteiger partial charge in [0.1, 0.15) is 6.61 Å². The van der Waals surface area contributed by atoms with Crippen molar-refractivity contribution in [1.82, 2.24) is 5.32 Å². The monoisotopic (exact) mass is 568 g/mol. The molecule has 0 aromatic heterocycles. The van der Waals surface area contributed by atoms with E-state index in [1.54, 1.807) is 18.2 Å². The highest BCUT2D eigenvalue weighted by molar-refractivity contribution is 14.1. The van der Waals surface area contributed by atoms with Gasteiger partial charge in [0.25, 0.3) is 5.91 Å². The molecule has 8 heteroatoms. The Bertz CT molecular complexity index is 1240. The van der Waals surface area contributed by atoms with Gasteiger partial charge in [-0.05, 0) is 63.0 Å². The van der Waals surface area contributed by atoms with Crippen LogP contribution in [0.5, 0.6) is 0 Å². The predicted octanol–water partition coefficient (Wildman–Crippen LogP) is 5.02. The zero-order valence-electron chi connectivity index (χ0n) is 18.0. The number of hydrogen-bond donors (Lipinski definition) is 3.